The Morgan fingerprint density at radius 3 is 2.72 bits per heavy atom. The fourth-order valence-corrected chi connectivity index (χ4v) is 2.55. The number of fused-ring (bicyclic) bond motifs is 1. The molecule has 1 amide bonds. The van der Waals surface area contributed by atoms with Crippen LogP contribution in [0, 0.1) is 0 Å². The van der Waals surface area contributed by atoms with E-state index in [1.54, 1.807) is 24.3 Å². The number of pyridine rings is 1. The van der Waals surface area contributed by atoms with Crippen molar-refractivity contribution in [3.05, 3.63) is 53.9 Å². The lowest BCUT2D eigenvalue weighted by atomic mass is 10.1. The average molecular weight is 352 g/mol. The molecule has 132 valence electrons. The van der Waals surface area contributed by atoms with E-state index in [0.29, 0.717) is 17.7 Å². The smallest absolute Gasteiger partial charge is 0.418 e. The highest BCUT2D eigenvalue weighted by atomic mass is 19.4. The second kappa shape index (κ2) is 6.62. The number of carbonyl (C=O) groups excluding carboxylic acids is 1. The first kappa shape index (κ1) is 17.1. The maximum absolute atomic E-state index is 13.0. The summed E-state index contributed by atoms with van der Waals surface area (Å²) in [5, 5.41) is 0. The van der Waals surface area contributed by atoms with Crippen molar-refractivity contribution in [2.75, 3.05) is 20.2 Å². The van der Waals surface area contributed by atoms with E-state index in [0.717, 1.165) is 12.3 Å². The quantitative estimate of drug-likeness (QED) is 0.852. The standard InChI is InChI=1S/C17H15F3N2O3/c1-22(9-11-10-24-14-4-2-3-5-15(14)25-11)16(23)12-6-7-21-8-13(12)17(18,19)20/h2-8,11H,9-10H2,1H3. The number of nitrogens with zero attached hydrogens (tertiary/aromatic N) is 2. The molecule has 3 rings (SSSR count). The lowest BCUT2D eigenvalue weighted by Gasteiger charge is -2.30. The zero-order valence-electron chi connectivity index (χ0n) is 13.3. The highest BCUT2D eigenvalue weighted by Crippen LogP contribution is 2.33. The summed E-state index contributed by atoms with van der Waals surface area (Å²) in [6, 6.07) is 8.14. The third kappa shape index (κ3) is 3.67. The fraction of sp³-hybridized carbons (Fsp3) is 0.294. The van der Waals surface area contributed by atoms with Crippen LogP contribution in [0.4, 0.5) is 13.2 Å². The fourth-order valence-electron chi connectivity index (χ4n) is 2.55. The Bertz CT molecular complexity index is 780. The van der Waals surface area contributed by atoms with E-state index in [-0.39, 0.29) is 13.2 Å². The lowest BCUT2D eigenvalue weighted by Crippen LogP contribution is -2.42. The Morgan fingerprint density at radius 1 is 1.28 bits per heavy atom. The van der Waals surface area contributed by atoms with Crippen LogP contribution >= 0.6 is 0 Å². The van der Waals surface area contributed by atoms with Crippen molar-refractivity contribution in [2.24, 2.45) is 0 Å². The molecular formula is C17H15F3N2O3. The molecule has 0 aliphatic carbocycles. The van der Waals surface area contributed by atoms with E-state index < -0.39 is 29.3 Å². The van der Waals surface area contributed by atoms with Gasteiger partial charge in [-0.3, -0.25) is 9.78 Å². The number of carbonyl (C=O) groups is 1. The second-order valence-corrected chi connectivity index (χ2v) is 5.60. The van der Waals surface area contributed by atoms with Crippen molar-refractivity contribution >= 4 is 5.91 Å². The Hall–Kier alpha value is -2.77. The number of likely N-dealkylation sites (N-methyl/N-ethyl adjacent to an activating group) is 1. The summed E-state index contributed by atoms with van der Waals surface area (Å²) in [5.74, 6) is 0.387. The van der Waals surface area contributed by atoms with Crippen LogP contribution in [0.5, 0.6) is 11.5 Å². The van der Waals surface area contributed by atoms with E-state index >= 15 is 0 Å². The van der Waals surface area contributed by atoms with Crippen LogP contribution in [-0.2, 0) is 6.18 Å². The molecule has 2 heterocycles. The van der Waals surface area contributed by atoms with Gasteiger partial charge in [0.15, 0.2) is 17.6 Å². The maximum atomic E-state index is 13.0. The predicted octanol–water partition coefficient (Wildman–Crippen LogP) is 3.01. The first-order chi connectivity index (χ1) is 11.9. The number of hydrogen-bond acceptors (Lipinski definition) is 4. The molecular weight excluding hydrogens is 337 g/mol. The van der Waals surface area contributed by atoms with Gasteiger partial charge in [0, 0.05) is 19.4 Å². The monoisotopic (exact) mass is 352 g/mol. The van der Waals surface area contributed by atoms with E-state index in [9.17, 15) is 18.0 Å². The number of ether oxygens (including phenoxy) is 2. The minimum Gasteiger partial charge on any atom is -0.486 e. The predicted molar refractivity (Wildman–Crippen MR) is 82.6 cm³/mol. The van der Waals surface area contributed by atoms with E-state index in [1.165, 1.54) is 11.9 Å². The second-order valence-electron chi connectivity index (χ2n) is 5.60. The molecule has 0 spiro atoms. The average Bonchev–Trinajstić information content (AvgIpc) is 2.60. The van der Waals surface area contributed by atoms with Gasteiger partial charge in [-0.15, -0.1) is 0 Å². The highest BCUT2D eigenvalue weighted by molar-refractivity contribution is 5.95. The van der Waals surface area contributed by atoms with Gasteiger partial charge in [0.2, 0.25) is 0 Å². The van der Waals surface area contributed by atoms with Crippen molar-refractivity contribution in [1.29, 1.82) is 0 Å². The molecule has 2 aromatic rings. The number of hydrogen-bond donors (Lipinski definition) is 0. The van der Waals surface area contributed by atoms with Crippen molar-refractivity contribution < 1.29 is 27.4 Å². The maximum Gasteiger partial charge on any atom is 0.418 e. The largest absolute Gasteiger partial charge is 0.486 e. The number of para-hydroxylation sites is 2. The number of benzene rings is 1. The summed E-state index contributed by atoms with van der Waals surface area (Å²) >= 11 is 0. The van der Waals surface area contributed by atoms with Gasteiger partial charge in [0.1, 0.15) is 6.61 Å². The number of rotatable bonds is 3. The molecule has 25 heavy (non-hydrogen) atoms. The third-order valence-electron chi connectivity index (χ3n) is 3.75. The molecule has 5 nitrogen and oxygen atoms in total. The number of aromatic nitrogens is 1. The summed E-state index contributed by atoms with van der Waals surface area (Å²) in [4.78, 5) is 17.1. The van der Waals surface area contributed by atoms with Gasteiger partial charge < -0.3 is 14.4 Å². The van der Waals surface area contributed by atoms with E-state index in [1.807, 2.05) is 0 Å². The van der Waals surface area contributed by atoms with E-state index in [2.05, 4.69) is 4.98 Å². The van der Waals surface area contributed by atoms with Crippen LogP contribution < -0.4 is 9.47 Å². The zero-order valence-corrected chi connectivity index (χ0v) is 13.3. The van der Waals surface area contributed by atoms with Crippen LogP contribution in [0.3, 0.4) is 0 Å². The molecule has 0 saturated heterocycles. The number of amides is 1. The first-order valence-electron chi connectivity index (χ1n) is 7.51. The third-order valence-corrected chi connectivity index (χ3v) is 3.75. The molecule has 0 saturated carbocycles. The molecule has 1 atom stereocenters. The summed E-state index contributed by atoms with van der Waals surface area (Å²) < 4.78 is 50.4. The van der Waals surface area contributed by atoms with Crippen LogP contribution in [0.1, 0.15) is 15.9 Å². The number of halogens is 3. The normalized spacial score (nSPS) is 16.4. The Balaban J connectivity index is 1.72. The Labute approximate surface area is 142 Å². The summed E-state index contributed by atoms with van der Waals surface area (Å²) in [7, 11) is 1.42. The Kier molecular flexibility index (Phi) is 4.52. The topological polar surface area (TPSA) is 51.7 Å². The summed E-state index contributed by atoms with van der Waals surface area (Å²) in [5.41, 5.74) is -1.50. The molecule has 1 unspecified atom stereocenters. The molecule has 1 aromatic carbocycles. The highest BCUT2D eigenvalue weighted by Gasteiger charge is 2.36. The van der Waals surface area contributed by atoms with Gasteiger partial charge in [0.25, 0.3) is 5.91 Å². The molecule has 1 aliphatic heterocycles. The van der Waals surface area contributed by atoms with Crippen molar-refractivity contribution in [2.45, 2.75) is 12.3 Å². The SMILES string of the molecule is CN(CC1COc2ccccc2O1)C(=O)c1ccncc1C(F)(F)F. The molecule has 0 N–H and O–H groups in total. The van der Waals surface area contributed by atoms with Gasteiger partial charge in [-0.2, -0.15) is 13.2 Å². The molecule has 0 radical (unpaired) electrons. The van der Waals surface area contributed by atoms with Crippen molar-refractivity contribution in [1.82, 2.24) is 9.88 Å². The minimum atomic E-state index is -4.65. The molecule has 0 fully saturated rings. The number of alkyl halides is 3. The molecule has 1 aliphatic rings. The first-order valence-corrected chi connectivity index (χ1v) is 7.51. The van der Waals surface area contributed by atoms with Crippen LogP contribution in [-0.4, -0.2) is 42.1 Å². The van der Waals surface area contributed by atoms with Crippen molar-refractivity contribution in [3.8, 4) is 11.5 Å². The van der Waals surface area contributed by atoms with E-state index in [4.69, 9.17) is 9.47 Å². The molecule has 8 heteroatoms. The van der Waals surface area contributed by atoms with Gasteiger partial charge in [-0.1, -0.05) is 12.1 Å². The van der Waals surface area contributed by atoms with Crippen LogP contribution in [0.25, 0.3) is 0 Å². The Morgan fingerprint density at radius 2 is 2.00 bits per heavy atom. The molecule has 1 aromatic heterocycles. The van der Waals surface area contributed by atoms with Gasteiger partial charge in [-0.25, -0.2) is 0 Å². The van der Waals surface area contributed by atoms with Crippen LogP contribution in [0.2, 0.25) is 0 Å². The van der Waals surface area contributed by atoms with Gasteiger partial charge >= 0.3 is 6.18 Å². The molecule has 0 bridgehead atoms. The minimum absolute atomic E-state index is 0.0901. The van der Waals surface area contributed by atoms with Crippen molar-refractivity contribution in [3.63, 3.8) is 0 Å². The van der Waals surface area contributed by atoms with Gasteiger partial charge in [-0.05, 0) is 18.2 Å². The lowest BCUT2D eigenvalue weighted by molar-refractivity contribution is -0.138. The zero-order chi connectivity index (χ0) is 18.0. The van der Waals surface area contributed by atoms with Gasteiger partial charge in [0.05, 0.1) is 17.7 Å². The summed E-state index contributed by atoms with van der Waals surface area (Å²) in [6.07, 6.45) is -3.31. The summed E-state index contributed by atoms with van der Waals surface area (Å²) in [6.45, 7) is 0.296. The van der Waals surface area contributed by atoms with Crippen LogP contribution in [0.15, 0.2) is 42.7 Å².